The fourth-order valence-electron chi connectivity index (χ4n) is 3.43. The van der Waals surface area contributed by atoms with Crippen molar-refractivity contribution in [3.63, 3.8) is 0 Å². The third-order valence-corrected chi connectivity index (χ3v) is 4.99. The molecular formula is C24H20N2O5. The molecule has 0 aliphatic rings. The molecule has 0 saturated carbocycles. The molecule has 4 aromatic rings. The summed E-state index contributed by atoms with van der Waals surface area (Å²) in [6.07, 6.45) is 1.48. The van der Waals surface area contributed by atoms with Gasteiger partial charge >= 0.3 is 0 Å². The smallest absolute Gasteiger partial charge is 0.258 e. The molecule has 0 radical (unpaired) electrons. The van der Waals surface area contributed by atoms with Gasteiger partial charge in [-0.3, -0.25) is 14.8 Å². The Labute approximate surface area is 177 Å². The number of hydrogen-bond donors (Lipinski definition) is 4. The first-order chi connectivity index (χ1) is 15.0. The van der Waals surface area contributed by atoms with Crippen molar-refractivity contribution < 1.29 is 20.1 Å². The van der Waals surface area contributed by atoms with Gasteiger partial charge in [0.25, 0.3) is 5.56 Å². The number of methoxy groups -OCH3 is 1. The van der Waals surface area contributed by atoms with Crippen LogP contribution >= 0.6 is 0 Å². The van der Waals surface area contributed by atoms with Gasteiger partial charge in [0.05, 0.1) is 19.2 Å². The quantitative estimate of drug-likeness (QED) is 0.291. The number of pyridine rings is 1. The van der Waals surface area contributed by atoms with E-state index in [0.717, 1.165) is 11.1 Å². The number of ether oxygens (including phenoxy) is 1. The fourth-order valence-corrected chi connectivity index (χ4v) is 3.43. The lowest BCUT2D eigenvalue weighted by atomic mass is 9.99. The topological polar surface area (TPSA) is 115 Å². The summed E-state index contributed by atoms with van der Waals surface area (Å²) >= 11 is 0. The molecule has 1 heterocycles. The Bertz CT molecular complexity index is 1360. The van der Waals surface area contributed by atoms with E-state index in [0.29, 0.717) is 27.6 Å². The molecule has 1 aromatic heterocycles. The molecule has 156 valence electrons. The van der Waals surface area contributed by atoms with Crippen molar-refractivity contribution in [1.29, 1.82) is 0 Å². The number of nitrogens with zero attached hydrogens (tertiary/aromatic N) is 1. The van der Waals surface area contributed by atoms with Gasteiger partial charge in [0.2, 0.25) is 5.88 Å². The maximum Gasteiger partial charge on any atom is 0.258 e. The molecule has 31 heavy (non-hydrogen) atoms. The van der Waals surface area contributed by atoms with Crippen LogP contribution in [0.5, 0.6) is 23.1 Å². The van der Waals surface area contributed by atoms with Gasteiger partial charge in [-0.1, -0.05) is 30.3 Å². The third-order valence-electron chi connectivity index (χ3n) is 4.99. The molecule has 7 nitrogen and oxygen atoms in total. The number of fused-ring (bicyclic) bond motifs is 1. The molecule has 0 atom stereocenters. The summed E-state index contributed by atoms with van der Waals surface area (Å²) in [6.45, 7) is 0.208. The number of phenolic OH excluding ortho intramolecular Hbond substituents is 2. The largest absolute Gasteiger partial charge is 0.504 e. The van der Waals surface area contributed by atoms with Crippen LogP contribution in [0.2, 0.25) is 0 Å². The molecule has 4 rings (SSSR count). The molecule has 4 N–H and O–H groups in total. The molecule has 0 saturated heterocycles. The number of rotatable bonds is 5. The maximum atomic E-state index is 12.4. The van der Waals surface area contributed by atoms with E-state index in [-0.39, 0.29) is 23.9 Å². The van der Waals surface area contributed by atoms with E-state index in [1.54, 1.807) is 19.2 Å². The molecule has 0 amide bonds. The lowest BCUT2D eigenvalue weighted by Crippen LogP contribution is -2.08. The van der Waals surface area contributed by atoms with E-state index in [4.69, 9.17) is 4.74 Å². The summed E-state index contributed by atoms with van der Waals surface area (Å²) in [5.74, 6) is -0.0300. The monoisotopic (exact) mass is 416 g/mol. The normalized spacial score (nSPS) is 11.3. The zero-order chi connectivity index (χ0) is 22.0. The summed E-state index contributed by atoms with van der Waals surface area (Å²) in [5, 5.41) is 30.4. The van der Waals surface area contributed by atoms with Crippen LogP contribution in [0.1, 0.15) is 11.1 Å². The van der Waals surface area contributed by atoms with E-state index in [9.17, 15) is 20.1 Å². The number of H-pyrrole nitrogens is 1. The number of aromatic nitrogens is 1. The SMILES string of the molecule is COc1ccccc1-c1ccc2c(=O)[nH]c(O)c(C=NCc3ccc(O)c(O)c3)c2c1. The van der Waals surface area contributed by atoms with Crippen molar-refractivity contribution in [3.8, 4) is 34.3 Å². The Morgan fingerprint density at radius 1 is 0.968 bits per heavy atom. The number of para-hydroxylation sites is 1. The van der Waals surface area contributed by atoms with Gasteiger partial charge in [0.1, 0.15) is 5.75 Å². The number of aromatic amines is 1. The van der Waals surface area contributed by atoms with Crippen molar-refractivity contribution in [2.24, 2.45) is 4.99 Å². The van der Waals surface area contributed by atoms with Crippen molar-refractivity contribution in [1.82, 2.24) is 4.98 Å². The highest BCUT2D eigenvalue weighted by atomic mass is 16.5. The van der Waals surface area contributed by atoms with Crippen molar-refractivity contribution in [2.75, 3.05) is 7.11 Å². The molecule has 0 spiro atoms. The van der Waals surface area contributed by atoms with Gasteiger partial charge in [-0.05, 0) is 41.5 Å². The second kappa shape index (κ2) is 8.23. The number of hydrogen-bond acceptors (Lipinski definition) is 6. The first-order valence-electron chi connectivity index (χ1n) is 9.51. The molecule has 0 aliphatic heterocycles. The van der Waals surface area contributed by atoms with Crippen LogP contribution in [0.25, 0.3) is 21.9 Å². The first kappa shape index (κ1) is 20.0. The van der Waals surface area contributed by atoms with Crippen molar-refractivity contribution >= 4 is 17.0 Å². The summed E-state index contributed by atoms with van der Waals surface area (Å²) in [6, 6.07) is 17.3. The summed E-state index contributed by atoms with van der Waals surface area (Å²) in [5.41, 5.74) is 2.32. The average Bonchev–Trinajstić information content (AvgIpc) is 2.78. The van der Waals surface area contributed by atoms with E-state index < -0.39 is 5.56 Å². The highest BCUT2D eigenvalue weighted by Gasteiger charge is 2.12. The van der Waals surface area contributed by atoms with Gasteiger partial charge in [0, 0.05) is 22.6 Å². The molecule has 0 bridgehead atoms. The Morgan fingerprint density at radius 3 is 2.55 bits per heavy atom. The molecule has 3 aromatic carbocycles. The zero-order valence-electron chi connectivity index (χ0n) is 16.7. The lowest BCUT2D eigenvalue weighted by Gasteiger charge is -2.11. The number of benzene rings is 3. The van der Waals surface area contributed by atoms with E-state index >= 15 is 0 Å². The molecule has 7 heteroatoms. The summed E-state index contributed by atoms with van der Waals surface area (Å²) in [4.78, 5) is 19.1. The maximum absolute atomic E-state index is 12.4. The predicted molar refractivity (Wildman–Crippen MR) is 119 cm³/mol. The first-order valence-corrected chi connectivity index (χ1v) is 9.51. The fraction of sp³-hybridized carbons (Fsp3) is 0.0833. The number of aliphatic imine (C=N–C) groups is 1. The number of phenols is 2. The molecule has 0 unspecified atom stereocenters. The predicted octanol–water partition coefficient (Wildman–Crippen LogP) is 3.94. The van der Waals surface area contributed by atoms with E-state index in [1.165, 1.54) is 18.3 Å². The third kappa shape index (κ3) is 3.93. The summed E-state index contributed by atoms with van der Waals surface area (Å²) < 4.78 is 5.44. The standard InChI is InChI=1S/C24H20N2O5/c1-31-22-5-3-2-4-16(22)15-7-8-17-18(11-15)19(24(30)26-23(17)29)13-25-12-14-6-9-20(27)21(28)10-14/h2-11,13,27-28H,12H2,1H3,(H2,26,29,30). The highest BCUT2D eigenvalue weighted by Crippen LogP contribution is 2.33. The Morgan fingerprint density at radius 2 is 1.77 bits per heavy atom. The van der Waals surface area contributed by atoms with Crippen LogP contribution in [0.3, 0.4) is 0 Å². The zero-order valence-corrected chi connectivity index (χ0v) is 16.7. The van der Waals surface area contributed by atoms with Gasteiger partial charge in [-0.15, -0.1) is 0 Å². The van der Waals surface area contributed by atoms with Gasteiger partial charge in [0.15, 0.2) is 11.5 Å². The Balaban J connectivity index is 1.78. The van der Waals surface area contributed by atoms with E-state index in [1.807, 2.05) is 36.4 Å². The number of aromatic hydroxyl groups is 3. The molecular weight excluding hydrogens is 396 g/mol. The Kier molecular flexibility index (Phi) is 5.32. The van der Waals surface area contributed by atoms with Crippen LogP contribution in [0, 0.1) is 0 Å². The van der Waals surface area contributed by atoms with Gasteiger partial charge < -0.3 is 20.1 Å². The molecule has 0 aliphatic carbocycles. The average molecular weight is 416 g/mol. The minimum absolute atomic E-state index is 0.208. The lowest BCUT2D eigenvalue weighted by molar-refractivity contribution is 0.403. The van der Waals surface area contributed by atoms with Crippen LogP contribution in [-0.4, -0.2) is 33.6 Å². The van der Waals surface area contributed by atoms with E-state index in [2.05, 4.69) is 9.98 Å². The van der Waals surface area contributed by atoms with Crippen LogP contribution in [-0.2, 0) is 6.54 Å². The van der Waals surface area contributed by atoms with Crippen LogP contribution in [0.4, 0.5) is 0 Å². The van der Waals surface area contributed by atoms with Crippen molar-refractivity contribution in [2.45, 2.75) is 6.54 Å². The van der Waals surface area contributed by atoms with Crippen LogP contribution in [0.15, 0.2) is 70.5 Å². The second-order valence-corrected chi connectivity index (χ2v) is 6.97. The summed E-state index contributed by atoms with van der Waals surface area (Å²) in [7, 11) is 1.59. The highest BCUT2D eigenvalue weighted by molar-refractivity contribution is 6.03. The number of nitrogens with one attached hydrogen (secondary N) is 1. The van der Waals surface area contributed by atoms with Gasteiger partial charge in [-0.2, -0.15) is 0 Å². The molecule has 0 fully saturated rings. The van der Waals surface area contributed by atoms with Gasteiger partial charge in [-0.25, -0.2) is 0 Å². The second-order valence-electron chi connectivity index (χ2n) is 6.97. The van der Waals surface area contributed by atoms with Crippen LogP contribution < -0.4 is 10.3 Å². The minimum atomic E-state index is -0.403. The van der Waals surface area contributed by atoms with Crippen molar-refractivity contribution in [3.05, 3.63) is 82.1 Å². The Hall–Kier alpha value is -4.26. The minimum Gasteiger partial charge on any atom is -0.504 e.